The van der Waals surface area contributed by atoms with E-state index < -0.39 is 17.3 Å². The maximum atomic E-state index is 16.1. The van der Waals surface area contributed by atoms with Crippen molar-refractivity contribution in [3.05, 3.63) is 252 Å². The van der Waals surface area contributed by atoms with Crippen molar-refractivity contribution in [2.45, 2.75) is 0 Å². The quantitative estimate of drug-likeness (QED) is 0.0928. The molecule has 0 unspecified atom stereocenters. The van der Waals surface area contributed by atoms with Crippen LogP contribution in [0.15, 0.2) is 218 Å². The molecule has 0 heterocycles. The minimum absolute atomic E-state index is 0.0556. The van der Waals surface area contributed by atoms with Crippen LogP contribution in [0.2, 0.25) is 0 Å². The molecule has 9 heteroatoms. The minimum atomic E-state index is -0.500. The van der Waals surface area contributed by atoms with E-state index in [0.717, 1.165) is 81.3 Å². The van der Waals surface area contributed by atoms with Crippen LogP contribution in [0.4, 0.5) is 0 Å². The predicted octanol–water partition coefficient (Wildman–Crippen LogP) is 17.4. The lowest BCUT2D eigenvalue weighted by Gasteiger charge is -2.21. The molecule has 0 aliphatic carbocycles. The van der Waals surface area contributed by atoms with Crippen molar-refractivity contribution in [3.63, 3.8) is 0 Å². The van der Waals surface area contributed by atoms with Crippen LogP contribution < -0.4 is 28.4 Å². The number of benzene rings is 13. The van der Waals surface area contributed by atoms with Crippen molar-refractivity contribution in [2.24, 2.45) is 0 Å². The normalized spacial score (nSPS) is 11.4. The monoisotopic (exact) mass is 1100 g/mol. The van der Waals surface area contributed by atoms with E-state index in [1.165, 1.54) is 0 Å². The van der Waals surface area contributed by atoms with E-state index in [9.17, 15) is 0 Å². The Morgan fingerprint density at radius 3 is 0.702 bits per heavy atom. The molecule has 0 amide bonds. The lowest BCUT2D eigenvalue weighted by molar-refractivity contribution is 0.103. The molecule has 0 aliphatic rings. The average molecular weight is 1100 g/mol. The highest BCUT2D eigenvalue weighted by Crippen LogP contribution is 2.51. The number of ether oxygens (including phenoxy) is 6. The van der Waals surface area contributed by atoms with Gasteiger partial charge in [-0.05, 0) is 119 Å². The lowest BCUT2D eigenvalue weighted by atomic mass is 9.85. The van der Waals surface area contributed by atoms with Crippen molar-refractivity contribution in [2.75, 3.05) is 42.7 Å². The van der Waals surface area contributed by atoms with Gasteiger partial charge in [0.25, 0.3) is 0 Å². The number of methoxy groups -OCH3 is 6. The molecule has 13 aromatic rings. The number of fused-ring (bicyclic) bond motifs is 6. The molecule has 0 saturated carbocycles. The molecule has 0 aliphatic heterocycles. The third kappa shape index (κ3) is 8.59. The van der Waals surface area contributed by atoms with E-state index in [1.54, 1.807) is 79.1 Å². The number of hydrogen-bond donors (Lipinski definition) is 0. The fourth-order valence-electron chi connectivity index (χ4n) is 12.4. The maximum absolute atomic E-state index is 16.1. The highest BCUT2D eigenvalue weighted by Gasteiger charge is 2.31. The van der Waals surface area contributed by atoms with Crippen LogP contribution in [0.5, 0.6) is 34.5 Å². The summed E-state index contributed by atoms with van der Waals surface area (Å²) in [6, 6.07) is 69.3. The Morgan fingerprint density at radius 1 is 0.238 bits per heavy atom. The summed E-state index contributed by atoms with van der Waals surface area (Å²) in [6.45, 7) is 0. The minimum Gasteiger partial charge on any atom is -0.496 e. The number of ketones is 3. The van der Waals surface area contributed by atoms with Crippen LogP contribution in [0, 0.1) is 0 Å². The fraction of sp³-hybridized carbons (Fsp3) is 0.0800. The summed E-state index contributed by atoms with van der Waals surface area (Å²) in [5.41, 5.74) is 4.91. The van der Waals surface area contributed by atoms with Crippen LogP contribution in [0.3, 0.4) is 0 Å². The second-order valence-corrected chi connectivity index (χ2v) is 20.5. The number of carbonyl (C=O) groups excluding carboxylic acids is 3. The SMILES string of the molecule is COc1ccc2ccccc2c1-c1c(OC)c(C(=O)c2cc(C(=O)c3cc4ccccc4c(-c4c(OC)ccc5ccccc45)c3OC)cc(C(=O)c3cc4ccccc4c(-c4c(OC)ccc5ccccc45)c3OC)c2)cc2ccccc12. The van der Waals surface area contributed by atoms with Gasteiger partial charge in [0.2, 0.25) is 0 Å². The molecule has 0 aromatic heterocycles. The highest BCUT2D eigenvalue weighted by atomic mass is 16.5. The van der Waals surface area contributed by atoms with Gasteiger partial charge in [-0.2, -0.15) is 0 Å². The standard InChI is InChI=1S/C75H54O9/c1-79-61-34-31-43-19-7-13-25-52(43)64(61)67-55-28-16-10-22-46(55)40-58(73(67)82-4)70(76)49-37-50(71(77)59-41-47-23-11-17-29-56(47)68(74(59)83-5)65-53-26-14-8-20-44(53)32-35-62(65)80-2)39-51(38-49)72(78)60-42-48-24-12-18-30-57(48)69(75(60)84-6)66-54-27-15-9-21-45(54)33-36-63(66)81-3/h7-42H,1-6H3. The van der Waals surface area contributed by atoms with Gasteiger partial charge in [-0.3, -0.25) is 14.4 Å². The number of rotatable bonds is 15. The second kappa shape index (κ2) is 21.6. The first-order chi connectivity index (χ1) is 41.2. The van der Waals surface area contributed by atoms with Crippen LogP contribution in [-0.2, 0) is 0 Å². The van der Waals surface area contributed by atoms with E-state index in [0.29, 0.717) is 33.9 Å². The fourth-order valence-corrected chi connectivity index (χ4v) is 12.4. The molecule has 9 nitrogen and oxygen atoms in total. The molecule has 13 aromatic carbocycles. The molecule has 0 fully saturated rings. The topological polar surface area (TPSA) is 107 Å². The summed E-state index contributed by atoms with van der Waals surface area (Å²) in [5.74, 6) is 1.10. The molecule has 0 spiro atoms. The van der Waals surface area contributed by atoms with E-state index in [2.05, 4.69) is 0 Å². The Morgan fingerprint density at radius 2 is 0.464 bits per heavy atom. The first kappa shape index (κ1) is 52.6. The zero-order valence-corrected chi connectivity index (χ0v) is 47.0. The van der Waals surface area contributed by atoms with Crippen LogP contribution >= 0.6 is 0 Å². The zero-order valence-electron chi connectivity index (χ0n) is 47.0. The van der Waals surface area contributed by atoms with Gasteiger partial charge in [0.1, 0.15) is 34.5 Å². The van der Waals surface area contributed by atoms with E-state index in [1.807, 2.05) is 182 Å². The summed E-state index contributed by atoms with van der Waals surface area (Å²) >= 11 is 0. The average Bonchev–Trinajstić information content (AvgIpc) is 3.04. The molecule has 13 rings (SSSR count). The van der Waals surface area contributed by atoms with E-state index in [-0.39, 0.29) is 50.6 Å². The third-order valence-corrected chi connectivity index (χ3v) is 16.2. The van der Waals surface area contributed by atoms with Gasteiger partial charge >= 0.3 is 0 Å². The number of hydrogen-bond acceptors (Lipinski definition) is 9. The molecule has 84 heavy (non-hydrogen) atoms. The zero-order chi connectivity index (χ0) is 57.8. The molecule has 0 N–H and O–H groups in total. The Bertz CT molecular complexity index is 4380. The summed E-state index contributed by atoms with van der Waals surface area (Å²) in [7, 11) is 9.49. The smallest absolute Gasteiger partial charge is 0.196 e. The molecule has 408 valence electrons. The largest absolute Gasteiger partial charge is 0.496 e. The van der Waals surface area contributed by atoms with Gasteiger partial charge in [-0.1, -0.05) is 164 Å². The maximum Gasteiger partial charge on any atom is 0.196 e. The Labute approximate surface area is 484 Å². The molecule has 0 bridgehead atoms. The van der Waals surface area contributed by atoms with E-state index in [4.69, 9.17) is 28.4 Å². The van der Waals surface area contributed by atoms with E-state index >= 15 is 14.4 Å². The van der Waals surface area contributed by atoms with Crippen molar-refractivity contribution >= 4 is 82.0 Å². The Balaban J connectivity index is 1.08. The van der Waals surface area contributed by atoms with Gasteiger partial charge in [0.05, 0.1) is 59.3 Å². The molecular weight excluding hydrogens is 1040 g/mol. The molecule has 0 atom stereocenters. The summed E-state index contributed by atoms with van der Waals surface area (Å²) in [4.78, 5) is 48.4. The van der Waals surface area contributed by atoms with Gasteiger partial charge in [0.15, 0.2) is 17.3 Å². The summed E-state index contributed by atoms with van der Waals surface area (Å²) in [5, 5.41) is 10.3. The Kier molecular flexibility index (Phi) is 13.5. The van der Waals surface area contributed by atoms with Gasteiger partial charge in [-0.15, -0.1) is 0 Å². The van der Waals surface area contributed by atoms with Crippen LogP contribution in [0.25, 0.3) is 98.0 Å². The summed E-state index contributed by atoms with van der Waals surface area (Å²) < 4.78 is 37.5. The molecule has 0 radical (unpaired) electrons. The van der Waals surface area contributed by atoms with Crippen LogP contribution in [0.1, 0.15) is 47.8 Å². The first-order valence-corrected chi connectivity index (χ1v) is 27.4. The number of carbonyl (C=O) groups is 3. The van der Waals surface area contributed by atoms with Crippen molar-refractivity contribution < 1.29 is 42.8 Å². The lowest BCUT2D eigenvalue weighted by Crippen LogP contribution is -2.13. The summed E-state index contributed by atoms with van der Waals surface area (Å²) in [6.07, 6.45) is 0. The molecular formula is C75H54O9. The van der Waals surface area contributed by atoms with Crippen molar-refractivity contribution in [3.8, 4) is 67.9 Å². The predicted molar refractivity (Wildman–Crippen MR) is 337 cm³/mol. The second-order valence-electron chi connectivity index (χ2n) is 20.5. The highest BCUT2D eigenvalue weighted by molar-refractivity contribution is 6.24. The molecule has 0 saturated heterocycles. The third-order valence-electron chi connectivity index (χ3n) is 16.2. The van der Waals surface area contributed by atoms with Crippen molar-refractivity contribution in [1.29, 1.82) is 0 Å². The van der Waals surface area contributed by atoms with Gasteiger partial charge < -0.3 is 28.4 Å². The van der Waals surface area contributed by atoms with Gasteiger partial charge in [-0.25, -0.2) is 0 Å². The Hall–Kier alpha value is -10.8. The van der Waals surface area contributed by atoms with Gasteiger partial charge in [0, 0.05) is 50.1 Å². The van der Waals surface area contributed by atoms with Crippen molar-refractivity contribution in [1.82, 2.24) is 0 Å². The van der Waals surface area contributed by atoms with Crippen LogP contribution in [-0.4, -0.2) is 60.0 Å². The first-order valence-electron chi connectivity index (χ1n) is 27.4.